The molecule has 0 unspecified atom stereocenters. The summed E-state index contributed by atoms with van der Waals surface area (Å²) < 4.78 is 1.89. The standard InChI is InChI=1S/C12H20BrN3/c1-15-8-6-11(14-15)10-16(9-7-13)12-4-2-3-5-12/h6,8,12H,2-5,7,9-10H2,1H3. The topological polar surface area (TPSA) is 21.1 Å². The zero-order valence-electron chi connectivity index (χ0n) is 9.90. The summed E-state index contributed by atoms with van der Waals surface area (Å²) in [4.78, 5) is 2.57. The maximum atomic E-state index is 4.46. The first-order valence-corrected chi connectivity index (χ1v) is 7.20. The van der Waals surface area contributed by atoms with E-state index in [2.05, 4.69) is 32.0 Å². The average Bonchev–Trinajstić information content (AvgIpc) is 2.88. The third-order valence-corrected chi connectivity index (χ3v) is 3.70. The van der Waals surface area contributed by atoms with Crippen molar-refractivity contribution in [1.82, 2.24) is 14.7 Å². The molecule has 1 aliphatic rings. The van der Waals surface area contributed by atoms with Crippen molar-refractivity contribution in [2.45, 2.75) is 38.3 Å². The van der Waals surface area contributed by atoms with Crippen LogP contribution in [0.1, 0.15) is 31.4 Å². The Bertz CT molecular complexity index is 318. The Morgan fingerprint density at radius 2 is 2.25 bits per heavy atom. The van der Waals surface area contributed by atoms with Gasteiger partial charge in [-0.1, -0.05) is 28.8 Å². The zero-order valence-corrected chi connectivity index (χ0v) is 11.5. The molecule has 3 nitrogen and oxygen atoms in total. The molecule has 90 valence electrons. The molecule has 0 saturated heterocycles. The van der Waals surface area contributed by atoms with Gasteiger partial charge in [-0.3, -0.25) is 9.58 Å². The Labute approximate surface area is 106 Å². The molecule has 1 aliphatic carbocycles. The largest absolute Gasteiger partial charge is 0.294 e. The third kappa shape index (κ3) is 3.08. The van der Waals surface area contributed by atoms with Gasteiger partial charge in [-0.05, 0) is 18.9 Å². The van der Waals surface area contributed by atoms with Gasteiger partial charge in [-0.25, -0.2) is 0 Å². The number of aryl methyl sites for hydroxylation is 1. The van der Waals surface area contributed by atoms with Gasteiger partial charge in [0.2, 0.25) is 0 Å². The molecule has 1 aromatic rings. The highest BCUT2D eigenvalue weighted by atomic mass is 79.9. The second kappa shape index (κ2) is 5.82. The van der Waals surface area contributed by atoms with Crippen molar-refractivity contribution < 1.29 is 0 Å². The molecule has 1 fully saturated rings. The molecule has 1 heterocycles. The molecule has 0 radical (unpaired) electrons. The van der Waals surface area contributed by atoms with Gasteiger partial charge in [0.15, 0.2) is 0 Å². The van der Waals surface area contributed by atoms with Crippen LogP contribution in [0.25, 0.3) is 0 Å². The lowest BCUT2D eigenvalue weighted by Crippen LogP contribution is -2.34. The highest BCUT2D eigenvalue weighted by molar-refractivity contribution is 9.09. The number of hydrogen-bond acceptors (Lipinski definition) is 2. The first-order valence-electron chi connectivity index (χ1n) is 6.08. The van der Waals surface area contributed by atoms with Gasteiger partial charge in [0.1, 0.15) is 0 Å². The molecule has 0 aromatic carbocycles. The molecule has 16 heavy (non-hydrogen) atoms. The Kier molecular flexibility index (Phi) is 4.41. The van der Waals surface area contributed by atoms with Crippen molar-refractivity contribution in [3.05, 3.63) is 18.0 Å². The summed E-state index contributed by atoms with van der Waals surface area (Å²) in [5.74, 6) is 0. The van der Waals surface area contributed by atoms with E-state index >= 15 is 0 Å². The fourth-order valence-corrected chi connectivity index (χ4v) is 2.98. The number of aromatic nitrogens is 2. The van der Waals surface area contributed by atoms with Crippen LogP contribution in [-0.4, -0.2) is 32.6 Å². The molecule has 0 atom stereocenters. The van der Waals surface area contributed by atoms with E-state index in [4.69, 9.17) is 0 Å². The number of alkyl halides is 1. The van der Waals surface area contributed by atoms with Crippen LogP contribution in [-0.2, 0) is 13.6 Å². The van der Waals surface area contributed by atoms with Crippen LogP contribution in [0.2, 0.25) is 0 Å². The first-order chi connectivity index (χ1) is 7.79. The number of halogens is 1. The van der Waals surface area contributed by atoms with Crippen LogP contribution < -0.4 is 0 Å². The molecule has 4 heteroatoms. The van der Waals surface area contributed by atoms with Crippen molar-refractivity contribution in [1.29, 1.82) is 0 Å². The third-order valence-electron chi connectivity index (χ3n) is 3.35. The predicted octanol–water partition coefficient (Wildman–Crippen LogP) is 2.56. The maximum Gasteiger partial charge on any atom is 0.0764 e. The Balaban J connectivity index is 1.96. The van der Waals surface area contributed by atoms with Gasteiger partial charge in [0, 0.05) is 37.7 Å². The minimum Gasteiger partial charge on any atom is -0.294 e. The van der Waals surface area contributed by atoms with Crippen LogP contribution in [0.4, 0.5) is 0 Å². The quantitative estimate of drug-likeness (QED) is 0.776. The lowest BCUT2D eigenvalue weighted by atomic mass is 10.2. The van der Waals surface area contributed by atoms with Gasteiger partial charge in [-0.15, -0.1) is 0 Å². The fraction of sp³-hybridized carbons (Fsp3) is 0.750. The minimum atomic E-state index is 0.777. The average molecular weight is 286 g/mol. The van der Waals surface area contributed by atoms with Gasteiger partial charge < -0.3 is 0 Å². The monoisotopic (exact) mass is 285 g/mol. The summed E-state index contributed by atoms with van der Waals surface area (Å²) in [5.41, 5.74) is 1.19. The van der Waals surface area contributed by atoms with E-state index in [0.717, 1.165) is 24.5 Å². The van der Waals surface area contributed by atoms with E-state index in [0.29, 0.717) is 0 Å². The molecule has 0 bridgehead atoms. The van der Waals surface area contributed by atoms with Crippen molar-refractivity contribution in [3.8, 4) is 0 Å². The van der Waals surface area contributed by atoms with Gasteiger partial charge in [0.25, 0.3) is 0 Å². The fourth-order valence-electron chi connectivity index (χ4n) is 2.52. The summed E-state index contributed by atoms with van der Waals surface area (Å²) in [6.07, 6.45) is 7.54. The van der Waals surface area contributed by atoms with Crippen molar-refractivity contribution in [2.75, 3.05) is 11.9 Å². The van der Waals surface area contributed by atoms with E-state index in [1.165, 1.54) is 31.4 Å². The minimum absolute atomic E-state index is 0.777. The lowest BCUT2D eigenvalue weighted by Gasteiger charge is -2.27. The van der Waals surface area contributed by atoms with E-state index in [-0.39, 0.29) is 0 Å². The molecule has 0 spiro atoms. The Morgan fingerprint density at radius 1 is 1.50 bits per heavy atom. The van der Waals surface area contributed by atoms with Gasteiger partial charge >= 0.3 is 0 Å². The second-order valence-electron chi connectivity index (χ2n) is 4.58. The predicted molar refractivity (Wildman–Crippen MR) is 69.7 cm³/mol. The molecule has 1 saturated carbocycles. The first kappa shape index (κ1) is 12.1. The van der Waals surface area contributed by atoms with Crippen molar-refractivity contribution >= 4 is 15.9 Å². The van der Waals surface area contributed by atoms with E-state index in [1.54, 1.807) is 0 Å². The maximum absolute atomic E-state index is 4.46. The summed E-state index contributed by atoms with van der Waals surface area (Å²) in [7, 11) is 1.98. The van der Waals surface area contributed by atoms with E-state index in [9.17, 15) is 0 Å². The summed E-state index contributed by atoms with van der Waals surface area (Å²) in [5, 5.41) is 5.52. The summed E-state index contributed by atoms with van der Waals surface area (Å²) in [6, 6.07) is 2.90. The van der Waals surface area contributed by atoms with E-state index in [1.807, 2.05) is 17.9 Å². The smallest absolute Gasteiger partial charge is 0.0764 e. The van der Waals surface area contributed by atoms with Crippen molar-refractivity contribution in [2.24, 2.45) is 7.05 Å². The number of rotatable bonds is 5. The van der Waals surface area contributed by atoms with Crippen LogP contribution in [0.3, 0.4) is 0 Å². The number of hydrogen-bond donors (Lipinski definition) is 0. The second-order valence-corrected chi connectivity index (χ2v) is 5.37. The zero-order chi connectivity index (χ0) is 11.4. The molecule has 0 aliphatic heterocycles. The van der Waals surface area contributed by atoms with Crippen molar-refractivity contribution in [3.63, 3.8) is 0 Å². The van der Waals surface area contributed by atoms with Crippen LogP contribution >= 0.6 is 15.9 Å². The molecular weight excluding hydrogens is 266 g/mol. The molecule has 0 amide bonds. The molecule has 1 aromatic heterocycles. The molecular formula is C12H20BrN3. The summed E-state index contributed by atoms with van der Waals surface area (Å²) >= 11 is 3.55. The summed E-state index contributed by atoms with van der Waals surface area (Å²) in [6.45, 7) is 2.12. The Morgan fingerprint density at radius 3 is 2.81 bits per heavy atom. The normalized spacial score (nSPS) is 17.4. The highest BCUT2D eigenvalue weighted by Crippen LogP contribution is 2.24. The van der Waals surface area contributed by atoms with Crippen LogP contribution in [0, 0.1) is 0 Å². The SMILES string of the molecule is Cn1ccc(CN(CCBr)C2CCCC2)n1. The van der Waals surface area contributed by atoms with Gasteiger partial charge in [-0.2, -0.15) is 5.10 Å². The molecule has 0 N–H and O–H groups in total. The Hall–Kier alpha value is -0.350. The molecule has 2 rings (SSSR count). The van der Waals surface area contributed by atoms with Crippen LogP contribution in [0.5, 0.6) is 0 Å². The lowest BCUT2D eigenvalue weighted by molar-refractivity contribution is 0.200. The van der Waals surface area contributed by atoms with Gasteiger partial charge in [0.05, 0.1) is 5.69 Å². The van der Waals surface area contributed by atoms with E-state index < -0.39 is 0 Å². The number of nitrogens with zero attached hydrogens (tertiary/aromatic N) is 3. The van der Waals surface area contributed by atoms with Crippen LogP contribution in [0.15, 0.2) is 12.3 Å². The highest BCUT2D eigenvalue weighted by Gasteiger charge is 2.22.